The maximum absolute atomic E-state index is 12.4. The van der Waals surface area contributed by atoms with E-state index in [1.807, 2.05) is 34.8 Å². The Hall–Kier alpha value is -1.20. The first-order valence-electron chi connectivity index (χ1n) is 6.48. The third kappa shape index (κ3) is 2.72. The molecule has 5 heteroatoms. The molecular weight excluding hydrogens is 276 g/mol. The van der Waals surface area contributed by atoms with Crippen LogP contribution in [0.5, 0.6) is 0 Å². The molecule has 3 rings (SSSR count). The lowest BCUT2D eigenvalue weighted by Crippen LogP contribution is -2.38. The molecule has 0 spiro atoms. The van der Waals surface area contributed by atoms with Crippen LogP contribution in [-0.4, -0.2) is 28.9 Å². The molecule has 0 radical (unpaired) electrons. The van der Waals surface area contributed by atoms with E-state index in [0.717, 1.165) is 30.8 Å². The molecule has 2 aromatic rings. The van der Waals surface area contributed by atoms with Gasteiger partial charge in [0.1, 0.15) is 0 Å². The molecule has 1 amide bonds. The van der Waals surface area contributed by atoms with Gasteiger partial charge < -0.3 is 4.90 Å². The number of carbonyl (C=O) groups is 1. The molecule has 0 aliphatic carbocycles. The van der Waals surface area contributed by atoms with Gasteiger partial charge in [-0.25, -0.2) is 4.98 Å². The number of hydrogen-bond donors (Lipinski definition) is 0. The molecule has 3 nitrogen and oxygen atoms in total. The Morgan fingerprint density at radius 1 is 1.47 bits per heavy atom. The van der Waals surface area contributed by atoms with Crippen molar-refractivity contribution in [2.45, 2.75) is 25.7 Å². The molecule has 1 atom stereocenters. The van der Waals surface area contributed by atoms with Crippen molar-refractivity contribution >= 4 is 28.6 Å². The van der Waals surface area contributed by atoms with Crippen LogP contribution in [0.1, 0.15) is 39.0 Å². The third-order valence-electron chi connectivity index (χ3n) is 3.45. The highest BCUT2D eigenvalue weighted by atomic mass is 32.1. The lowest BCUT2D eigenvalue weighted by molar-refractivity contribution is 0.0712. The topological polar surface area (TPSA) is 33.2 Å². The maximum Gasteiger partial charge on any atom is 0.263 e. The van der Waals surface area contributed by atoms with E-state index < -0.39 is 0 Å². The largest absolute Gasteiger partial charge is 0.337 e. The summed E-state index contributed by atoms with van der Waals surface area (Å²) in [4.78, 5) is 19.7. The summed E-state index contributed by atoms with van der Waals surface area (Å²) in [6.45, 7) is 3.71. The highest BCUT2D eigenvalue weighted by molar-refractivity contribution is 7.12. The predicted molar refractivity (Wildman–Crippen MR) is 79.0 cm³/mol. The van der Waals surface area contributed by atoms with Crippen molar-refractivity contribution in [3.63, 3.8) is 0 Å². The van der Waals surface area contributed by atoms with Crippen LogP contribution in [0.4, 0.5) is 0 Å². The molecule has 100 valence electrons. The minimum absolute atomic E-state index is 0.180. The average molecular weight is 292 g/mol. The van der Waals surface area contributed by atoms with Crippen molar-refractivity contribution < 1.29 is 4.79 Å². The summed E-state index contributed by atoms with van der Waals surface area (Å²) in [7, 11) is 0. The van der Waals surface area contributed by atoms with E-state index >= 15 is 0 Å². The van der Waals surface area contributed by atoms with Crippen LogP contribution in [0.2, 0.25) is 0 Å². The Morgan fingerprint density at radius 3 is 3.05 bits per heavy atom. The third-order valence-corrected chi connectivity index (χ3v) is 5.42. The monoisotopic (exact) mass is 292 g/mol. The summed E-state index contributed by atoms with van der Waals surface area (Å²) in [6.07, 6.45) is 4.06. The molecule has 2 aromatic heterocycles. The number of piperidine rings is 1. The lowest BCUT2D eigenvalue weighted by Gasteiger charge is -2.31. The first kappa shape index (κ1) is 12.8. The van der Waals surface area contributed by atoms with Crippen LogP contribution in [0.15, 0.2) is 23.0 Å². The second-order valence-electron chi connectivity index (χ2n) is 4.95. The number of carbonyl (C=O) groups excluding carboxylic acids is 1. The van der Waals surface area contributed by atoms with Gasteiger partial charge >= 0.3 is 0 Å². The van der Waals surface area contributed by atoms with Gasteiger partial charge in [0.05, 0.1) is 9.88 Å². The molecule has 3 heterocycles. The van der Waals surface area contributed by atoms with E-state index in [1.54, 1.807) is 22.7 Å². The second-order valence-corrected chi connectivity index (χ2v) is 6.79. The molecule has 0 unspecified atom stereocenters. The Labute approximate surface area is 120 Å². The Morgan fingerprint density at radius 2 is 2.37 bits per heavy atom. The smallest absolute Gasteiger partial charge is 0.263 e. The fraction of sp³-hybridized carbons (Fsp3) is 0.429. The summed E-state index contributed by atoms with van der Waals surface area (Å²) < 4.78 is 0. The van der Waals surface area contributed by atoms with E-state index in [9.17, 15) is 4.79 Å². The predicted octanol–water partition coefficient (Wildman–Crippen LogP) is 3.53. The summed E-state index contributed by atoms with van der Waals surface area (Å²) in [5.41, 5.74) is 1.17. The zero-order valence-corrected chi connectivity index (χ0v) is 12.5. The Balaban J connectivity index is 1.73. The minimum Gasteiger partial charge on any atom is -0.337 e. The fourth-order valence-electron chi connectivity index (χ4n) is 2.50. The van der Waals surface area contributed by atoms with Crippen molar-refractivity contribution in [2.75, 3.05) is 13.1 Å². The van der Waals surface area contributed by atoms with E-state index in [2.05, 4.69) is 4.98 Å². The van der Waals surface area contributed by atoms with E-state index in [1.165, 1.54) is 10.6 Å². The van der Waals surface area contributed by atoms with E-state index in [0.29, 0.717) is 5.92 Å². The van der Waals surface area contributed by atoms with Gasteiger partial charge in [-0.3, -0.25) is 4.79 Å². The highest BCUT2D eigenvalue weighted by Gasteiger charge is 2.27. The van der Waals surface area contributed by atoms with Gasteiger partial charge in [0.15, 0.2) is 0 Å². The molecule has 0 bridgehead atoms. The summed E-state index contributed by atoms with van der Waals surface area (Å²) in [5, 5.41) is 5.22. The Kier molecular flexibility index (Phi) is 3.66. The number of aromatic nitrogens is 1. The van der Waals surface area contributed by atoms with Crippen molar-refractivity contribution in [3.05, 3.63) is 38.5 Å². The number of likely N-dealkylation sites (tertiary alicyclic amines) is 1. The number of nitrogens with zero attached hydrogens (tertiary/aromatic N) is 2. The second kappa shape index (κ2) is 5.43. The van der Waals surface area contributed by atoms with Crippen molar-refractivity contribution in [1.82, 2.24) is 9.88 Å². The van der Waals surface area contributed by atoms with E-state index in [-0.39, 0.29) is 5.91 Å². The number of thiophene rings is 1. The van der Waals surface area contributed by atoms with Crippen LogP contribution in [0.25, 0.3) is 0 Å². The van der Waals surface area contributed by atoms with Gasteiger partial charge in [-0.05, 0) is 36.8 Å². The number of amides is 1. The summed E-state index contributed by atoms with van der Waals surface area (Å²) in [6, 6.07) is 1.99. The molecule has 1 fully saturated rings. The quantitative estimate of drug-likeness (QED) is 0.848. The zero-order chi connectivity index (χ0) is 13.2. The van der Waals surface area contributed by atoms with Crippen LogP contribution >= 0.6 is 22.7 Å². The maximum atomic E-state index is 12.4. The van der Waals surface area contributed by atoms with Crippen molar-refractivity contribution in [3.8, 4) is 0 Å². The summed E-state index contributed by atoms with van der Waals surface area (Å²) >= 11 is 3.24. The van der Waals surface area contributed by atoms with Gasteiger partial charge in [0, 0.05) is 30.6 Å². The molecule has 1 aliphatic heterocycles. The summed E-state index contributed by atoms with van der Waals surface area (Å²) in [5.74, 6) is 0.595. The lowest BCUT2D eigenvalue weighted by atomic mass is 9.98. The number of hydrogen-bond acceptors (Lipinski definition) is 4. The number of rotatable bonds is 2. The molecule has 0 aromatic carbocycles. The molecule has 1 saturated heterocycles. The van der Waals surface area contributed by atoms with E-state index in [4.69, 9.17) is 0 Å². The number of thiazole rings is 1. The van der Waals surface area contributed by atoms with Gasteiger partial charge in [0.25, 0.3) is 5.91 Å². The van der Waals surface area contributed by atoms with Gasteiger partial charge in [0.2, 0.25) is 0 Å². The average Bonchev–Trinajstić information content (AvgIpc) is 3.09. The van der Waals surface area contributed by atoms with Crippen LogP contribution < -0.4 is 0 Å². The van der Waals surface area contributed by atoms with Crippen LogP contribution in [-0.2, 0) is 0 Å². The molecule has 19 heavy (non-hydrogen) atoms. The standard InChI is InChI=1S/C14H16N2OS2/c1-10-7-12(19-9-10)14(17)16-5-2-3-11(8-16)13-15-4-6-18-13/h4,6-7,9,11H,2-3,5,8H2,1H3/t11-/m0/s1. The van der Waals surface area contributed by atoms with Gasteiger partial charge in [-0.15, -0.1) is 22.7 Å². The van der Waals surface area contributed by atoms with Gasteiger partial charge in [-0.1, -0.05) is 0 Å². The first-order valence-corrected chi connectivity index (χ1v) is 8.24. The highest BCUT2D eigenvalue weighted by Crippen LogP contribution is 2.29. The van der Waals surface area contributed by atoms with Crippen LogP contribution in [0.3, 0.4) is 0 Å². The molecular formula is C14H16N2OS2. The SMILES string of the molecule is Cc1csc(C(=O)N2CCC[C@H](c3nccs3)C2)c1. The minimum atomic E-state index is 0.180. The molecule has 0 saturated carbocycles. The van der Waals surface area contributed by atoms with Crippen molar-refractivity contribution in [2.24, 2.45) is 0 Å². The van der Waals surface area contributed by atoms with Crippen molar-refractivity contribution in [1.29, 1.82) is 0 Å². The first-order chi connectivity index (χ1) is 9.24. The molecule has 0 N–H and O–H groups in total. The van der Waals surface area contributed by atoms with Gasteiger partial charge in [-0.2, -0.15) is 0 Å². The zero-order valence-electron chi connectivity index (χ0n) is 10.8. The fourth-order valence-corrected chi connectivity index (χ4v) is 4.13. The number of aryl methyl sites for hydroxylation is 1. The van der Waals surface area contributed by atoms with Crippen LogP contribution in [0, 0.1) is 6.92 Å². The molecule has 1 aliphatic rings. The normalized spacial score (nSPS) is 19.6. The Bertz CT molecular complexity index is 562.